The zero-order valence-corrected chi connectivity index (χ0v) is 14.6. The second-order valence-corrected chi connectivity index (χ2v) is 6.01. The Bertz CT molecular complexity index is 588. The number of likely N-dealkylation sites (tertiary alicyclic amines) is 1. The molecule has 132 valence electrons. The van der Waals surface area contributed by atoms with E-state index in [0.29, 0.717) is 23.7 Å². The fourth-order valence-corrected chi connectivity index (χ4v) is 2.87. The lowest BCUT2D eigenvalue weighted by Crippen LogP contribution is -2.29. The van der Waals surface area contributed by atoms with Crippen molar-refractivity contribution in [2.24, 2.45) is 5.92 Å². The topological polar surface area (TPSA) is 67.9 Å². The van der Waals surface area contributed by atoms with E-state index in [0.717, 1.165) is 25.8 Å². The lowest BCUT2D eigenvalue weighted by Gasteiger charge is -2.16. The molecule has 0 radical (unpaired) electrons. The van der Waals surface area contributed by atoms with Crippen molar-refractivity contribution in [3.8, 4) is 11.5 Å². The SMILES string of the molecule is CCCCCN1CC(C(=O)Nc2ccc(OC)c(OC)c2)CC1=O. The van der Waals surface area contributed by atoms with Crippen LogP contribution in [0.2, 0.25) is 0 Å². The van der Waals surface area contributed by atoms with Crippen molar-refractivity contribution in [2.45, 2.75) is 32.6 Å². The van der Waals surface area contributed by atoms with Crippen molar-refractivity contribution < 1.29 is 19.1 Å². The average molecular weight is 334 g/mol. The Hall–Kier alpha value is -2.24. The molecule has 2 amide bonds. The highest BCUT2D eigenvalue weighted by atomic mass is 16.5. The molecule has 0 aliphatic carbocycles. The number of rotatable bonds is 8. The van der Waals surface area contributed by atoms with Gasteiger partial charge in [0.05, 0.1) is 20.1 Å². The minimum atomic E-state index is -0.299. The van der Waals surface area contributed by atoms with Crippen LogP contribution < -0.4 is 14.8 Å². The van der Waals surface area contributed by atoms with Gasteiger partial charge in [-0.05, 0) is 18.6 Å². The van der Waals surface area contributed by atoms with Gasteiger partial charge < -0.3 is 19.7 Å². The van der Waals surface area contributed by atoms with Crippen molar-refractivity contribution >= 4 is 17.5 Å². The molecule has 1 fully saturated rings. The van der Waals surface area contributed by atoms with Gasteiger partial charge in [-0.2, -0.15) is 0 Å². The van der Waals surface area contributed by atoms with Gasteiger partial charge in [0.2, 0.25) is 11.8 Å². The molecular formula is C18H26N2O4. The van der Waals surface area contributed by atoms with Gasteiger partial charge in [-0.1, -0.05) is 19.8 Å². The second-order valence-electron chi connectivity index (χ2n) is 6.01. The summed E-state index contributed by atoms with van der Waals surface area (Å²) >= 11 is 0. The summed E-state index contributed by atoms with van der Waals surface area (Å²) in [6.45, 7) is 3.37. The number of carbonyl (C=O) groups is 2. The summed E-state index contributed by atoms with van der Waals surface area (Å²) in [4.78, 5) is 26.3. The molecule has 1 aliphatic heterocycles. The van der Waals surface area contributed by atoms with E-state index in [4.69, 9.17) is 9.47 Å². The minimum absolute atomic E-state index is 0.0681. The number of nitrogens with zero attached hydrogens (tertiary/aromatic N) is 1. The Morgan fingerprint density at radius 3 is 2.67 bits per heavy atom. The number of anilines is 1. The number of benzene rings is 1. The molecule has 24 heavy (non-hydrogen) atoms. The third-order valence-electron chi connectivity index (χ3n) is 4.27. The number of hydrogen-bond donors (Lipinski definition) is 1. The average Bonchev–Trinajstić information content (AvgIpc) is 2.96. The third kappa shape index (κ3) is 4.40. The number of hydrogen-bond acceptors (Lipinski definition) is 4. The van der Waals surface area contributed by atoms with Crippen LogP contribution in [-0.2, 0) is 9.59 Å². The highest BCUT2D eigenvalue weighted by Crippen LogP contribution is 2.30. The standard InChI is InChI=1S/C18H26N2O4/c1-4-5-6-9-20-12-13(10-17(20)21)18(22)19-14-7-8-15(23-2)16(11-14)24-3/h7-8,11,13H,4-6,9-10,12H2,1-3H3,(H,19,22). The highest BCUT2D eigenvalue weighted by molar-refractivity contribution is 5.97. The summed E-state index contributed by atoms with van der Waals surface area (Å²) in [5.74, 6) is 0.798. The van der Waals surface area contributed by atoms with E-state index >= 15 is 0 Å². The van der Waals surface area contributed by atoms with Crippen LogP contribution in [0, 0.1) is 5.92 Å². The van der Waals surface area contributed by atoms with Gasteiger partial charge in [-0.3, -0.25) is 9.59 Å². The quantitative estimate of drug-likeness (QED) is 0.742. The molecule has 1 aromatic rings. The Morgan fingerprint density at radius 1 is 1.25 bits per heavy atom. The van der Waals surface area contributed by atoms with E-state index in [2.05, 4.69) is 12.2 Å². The molecule has 6 nitrogen and oxygen atoms in total. The molecule has 0 aromatic heterocycles. The molecular weight excluding hydrogens is 308 g/mol. The van der Waals surface area contributed by atoms with E-state index in [1.807, 2.05) is 0 Å². The van der Waals surface area contributed by atoms with E-state index in [-0.39, 0.29) is 24.2 Å². The number of nitrogens with one attached hydrogen (secondary N) is 1. The molecule has 1 aliphatic rings. The van der Waals surface area contributed by atoms with Crippen molar-refractivity contribution in [3.63, 3.8) is 0 Å². The molecule has 0 spiro atoms. The van der Waals surface area contributed by atoms with Crippen LogP contribution in [0.25, 0.3) is 0 Å². The maximum absolute atomic E-state index is 12.4. The van der Waals surface area contributed by atoms with E-state index in [1.165, 1.54) is 0 Å². The monoisotopic (exact) mass is 334 g/mol. The lowest BCUT2D eigenvalue weighted by molar-refractivity contribution is -0.128. The first-order valence-corrected chi connectivity index (χ1v) is 8.39. The first-order chi connectivity index (χ1) is 11.6. The third-order valence-corrected chi connectivity index (χ3v) is 4.27. The summed E-state index contributed by atoms with van der Waals surface area (Å²) in [5, 5.41) is 2.86. The van der Waals surface area contributed by atoms with Crippen LogP contribution in [0.15, 0.2) is 18.2 Å². The van der Waals surface area contributed by atoms with Crippen molar-refractivity contribution in [1.29, 1.82) is 0 Å². The molecule has 0 saturated carbocycles. The van der Waals surface area contributed by atoms with Crippen LogP contribution in [0.1, 0.15) is 32.6 Å². The molecule has 2 rings (SSSR count). The smallest absolute Gasteiger partial charge is 0.229 e. The molecule has 1 N–H and O–H groups in total. The van der Waals surface area contributed by atoms with Crippen LogP contribution >= 0.6 is 0 Å². The summed E-state index contributed by atoms with van der Waals surface area (Å²) < 4.78 is 10.4. The van der Waals surface area contributed by atoms with Crippen LogP contribution in [0.4, 0.5) is 5.69 Å². The summed E-state index contributed by atoms with van der Waals surface area (Å²) in [5.41, 5.74) is 0.634. The van der Waals surface area contributed by atoms with Gasteiger partial charge in [-0.25, -0.2) is 0 Å². The zero-order chi connectivity index (χ0) is 17.5. The van der Waals surface area contributed by atoms with Crippen molar-refractivity contribution in [1.82, 2.24) is 4.90 Å². The molecule has 1 aromatic carbocycles. The molecule has 1 saturated heterocycles. The number of carbonyl (C=O) groups excluding carboxylic acids is 2. The number of amides is 2. The Morgan fingerprint density at radius 2 is 2.00 bits per heavy atom. The summed E-state index contributed by atoms with van der Waals surface area (Å²) in [6.07, 6.45) is 3.50. The second kappa shape index (κ2) is 8.57. The predicted molar refractivity (Wildman–Crippen MR) is 92.4 cm³/mol. The van der Waals surface area contributed by atoms with E-state index < -0.39 is 0 Å². The van der Waals surface area contributed by atoms with Gasteiger partial charge in [0, 0.05) is 31.3 Å². The molecule has 1 atom stereocenters. The van der Waals surface area contributed by atoms with Gasteiger partial charge in [0.1, 0.15) is 0 Å². The summed E-state index contributed by atoms with van der Waals surface area (Å²) in [6, 6.07) is 5.22. The Balaban J connectivity index is 1.94. The fraction of sp³-hybridized carbons (Fsp3) is 0.556. The van der Waals surface area contributed by atoms with Crippen molar-refractivity contribution in [3.05, 3.63) is 18.2 Å². The highest BCUT2D eigenvalue weighted by Gasteiger charge is 2.33. The molecule has 6 heteroatoms. The number of ether oxygens (including phenoxy) is 2. The van der Waals surface area contributed by atoms with Crippen LogP contribution in [0.5, 0.6) is 11.5 Å². The van der Waals surface area contributed by atoms with Gasteiger partial charge in [-0.15, -0.1) is 0 Å². The Kier molecular flexibility index (Phi) is 6.46. The summed E-state index contributed by atoms with van der Waals surface area (Å²) in [7, 11) is 3.11. The van der Waals surface area contributed by atoms with E-state index in [1.54, 1.807) is 37.3 Å². The zero-order valence-electron chi connectivity index (χ0n) is 14.6. The minimum Gasteiger partial charge on any atom is -0.493 e. The first-order valence-electron chi connectivity index (χ1n) is 8.39. The van der Waals surface area contributed by atoms with E-state index in [9.17, 15) is 9.59 Å². The Labute approximate surface area is 143 Å². The van der Waals surface area contributed by atoms with Crippen LogP contribution in [0.3, 0.4) is 0 Å². The molecule has 1 heterocycles. The normalized spacial score (nSPS) is 17.0. The van der Waals surface area contributed by atoms with Gasteiger partial charge in [0.15, 0.2) is 11.5 Å². The number of unbranched alkanes of at least 4 members (excludes halogenated alkanes) is 2. The van der Waals surface area contributed by atoms with Gasteiger partial charge >= 0.3 is 0 Å². The van der Waals surface area contributed by atoms with Crippen LogP contribution in [-0.4, -0.2) is 44.0 Å². The van der Waals surface area contributed by atoms with Crippen molar-refractivity contribution in [2.75, 3.05) is 32.6 Å². The number of methoxy groups -OCH3 is 2. The maximum atomic E-state index is 12.4. The largest absolute Gasteiger partial charge is 0.493 e. The lowest BCUT2D eigenvalue weighted by atomic mass is 10.1. The first kappa shape index (κ1) is 18.1. The van der Waals surface area contributed by atoms with Gasteiger partial charge in [0.25, 0.3) is 0 Å². The predicted octanol–water partition coefficient (Wildman–Crippen LogP) is 2.68. The fourth-order valence-electron chi connectivity index (χ4n) is 2.87. The molecule has 0 bridgehead atoms. The molecule has 1 unspecified atom stereocenters. The maximum Gasteiger partial charge on any atom is 0.229 e.